The fourth-order valence-electron chi connectivity index (χ4n) is 0.766. The number of nitrogens with zero attached hydrogens (tertiary/aromatic N) is 1. The maximum absolute atomic E-state index is 10.6. The molecule has 0 radical (unpaired) electrons. The highest BCUT2D eigenvalue weighted by Gasteiger charge is 1.92. The fourth-order valence-corrected chi connectivity index (χ4v) is 0.766. The van der Waals surface area contributed by atoms with Crippen molar-refractivity contribution in [1.29, 1.82) is 0 Å². The molecule has 1 amide bonds. The van der Waals surface area contributed by atoms with Crippen LogP contribution in [0.3, 0.4) is 0 Å². The average Bonchev–Trinajstić information content (AvgIpc) is 2.21. The third-order valence-corrected chi connectivity index (χ3v) is 1.45. The molecule has 0 saturated heterocycles. The minimum absolute atomic E-state index is 0.183. The number of nitrogens with one attached hydrogen (secondary N) is 1. The second-order valence-corrected chi connectivity index (χ2v) is 2.45. The van der Waals surface area contributed by atoms with E-state index >= 15 is 0 Å². The number of methoxy groups -OCH3 is 1. The van der Waals surface area contributed by atoms with Crippen molar-refractivity contribution in [2.75, 3.05) is 7.11 Å². The van der Waals surface area contributed by atoms with Gasteiger partial charge in [-0.15, -0.1) is 0 Å². The summed E-state index contributed by atoms with van der Waals surface area (Å²) in [6, 6.07) is 6.38. The first-order chi connectivity index (χ1) is 6.72. The molecule has 0 saturated carbocycles. The zero-order valence-corrected chi connectivity index (χ0v) is 7.60. The Morgan fingerprint density at radius 3 is 2.71 bits per heavy atom. The van der Waals surface area contributed by atoms with Crippen LogP contribution >= 0.6 is 0 Å². The zero-order valence-electron chi connectivity index (χ0n) is 7.60. The molecule has 0 fully saturated rings. The molecule has 1 aromatic rings. The molecule has 0 heterocycles. The van der Waals surface area contributed by atoms with Crippen LogP contribution in [0.1, 0.15) is 5.56 Å². The smallest absolute Gasteiger partial charge is 0.427 e. The minimum atomic E-state index is -0.625. The molecule has 74 valence electrons. The van der Waals surface area contributed by atoms with Gasteiger partial charge in [0.25, 0.3) is 0 Å². The van der Waals surface area contributed by atoms with Crippen molar-refractivity contribution in [3.8, 4) is 5.75 Å². The summed E-state index contributed by atoms with van der Waals surface area (Å²) in [6.07, 6.45) is 0.816. The van der Waals surface area contributed by atoms with Gasteiger partial charge < -0.3 is 9.84 Å². The fraction of sp³-hybridized carbons (Fsp3) is 0.111. The SMILES string of the molecule is COC(=O)N/N=C/c1ccc(O)cc1. The molecule has 2 N–H and O–H groups in total. The number of carbonyl (C=O) groups excluding carboxylic acids is 1. The zero-order chi connectivity index (χ0) is 10.4. The number of aromatic hydroxyl groups is 1. The molecule has 0 unspecified atom stereocenters. The van der Waals surface area contributed by atoms with Crippen LogP contribution in [0, 0.1) is 0 Å². The summed E-state index contributed by atoms with van der Waals surface area (Å²) < 4.78 is 4.30. The molecule has 0 bridgehead atoms. The van der Waals surface area contributed by atoms with E-state index in [-0.39, 0.29) is 5.75 Å². The molecule has 1 rings (SSSR count). The van der Waals surface area contributed by atoms with E-state index < -0.39 is 6.09 Å². The predicted octanol–water partition coefficient (Wildman–Crippen LogP) is 1.08. The van der Waals surface area contributed by atoms with Gasteiger partial charge in [0.2, 0.25) is 0 Å². The van der Waals surface area contributed by atoms with Gasteiger partial charge in [0.05, 0.1) is 13.3 Å². The molecule has 0 aliphatic heterocycles. The van der Waals surface area contributed by atoms with E-state index in [9.17, 15) is 4.79 Å². The predicted molar refractivity (Wildman–Crippen MR) is 51.2 cm³/mol. The van der Waals surface area contributed by atoms with Gasteiger partial charge in [0, 0.05) is 0 Å². The highest BCUT2D eigenvalue weighted by molar-refractivity contribution is 5.80. The third-order valence-electron chi connectivity index (χ3n) is 1.45. The van der Waals surface area contributed by atoms with Crippen LogP contribution < -0.4 is 5.43 Å². The van der Waals surface area contributed by atoms with Crippen LogP contribution in [0.4, 0.5) is 4.79 Å². The summed E-state index contributed by atoms with van der Waals surface area (Å²) >= 11 is 0. The number of ether oxygens (including phenoxy) is 1. The summed E-state index contributed by atoms with van der Waals surface area (Å²) in [5, 5.41) is 12.6. The molecule has 0 atom stereocenters. The van der Waals surface area contributed by atoms with Crippen molar-refractivity contribution in [3.63, 3.8) is 0 Å². The van der Waals surface area contributed by atoms with Crippen LogP contribution in [-0.4, -0.2) is 24.5 Å². The van der Waals surface area contributed by atoms with Gasteiger partial charge in [0.1, 0.15) is 5.75 Å². The first-order valence-corrected chi connectivity index (χ1v) is 3.88. The van der Waals surface area contributed by atoms with Crippen molar-refractivity contribution in [2.24, 2.45) is 5.10 Å². The highest BCUT2D eigenvalue weighted by atomic mass is 16.5. The maximum atomic E-state index is 10.6. The number of rotatable bonds is 2. The summed E-state index contributed by atoms with van der Waals surface area (Å²) in [5.41, 5.74) is 2.90. The molecule has 0 aromatic heterocycles. The van der Waals surface area contributed by atoms with E-state index in [0.717, 1.165) is 5.56 Å². The largest absolute Gasteiger partial charge is 0.508 e. The van der Waals surface area contributed by atoms with Crippen molar-refractivity contribution < 1.29 is 14.6 Å². The Bertz CT molecular complexity index is 332. The van der Waals surface area contributed by atoms with Gasteiger partial charge >= 0.3 is 6.09 Å². The van der Waals surface area contributed by atoms with Gasteiger partial charge in [-0.2, -0.15) is 5.10 Å². The minimum Gasteiger partial charge on any atom is -0.508 e. The Morgan fingerprint density at radius 1 is 1.50 bits per heavy atom. The van der Waals surface area contributed by atoms with Gasteiger partial charge in [-0.25, -0.2) is 10.2 Å². The van der Waals surface area contributed by atoms with Crippen LogP contribution in [0.2, 0.25) is 0 Å². The van der Waals surface area contributed by atoms with Gasteiger partial charge in [-0.3, -0.25) is 0 Å². The summed E-state index contributed by atoms with van der Waals surface area (Å²) in [6.45, 7) is 0. The summed E-state index contributed by atoms with van der Waals surface area (Å²) in [5.74, 6) is 0.183. The molecule has 5 heteroatoms. The number of benzene rings is 1. The van der Waals surface area contributed by atoms with E-state index in [0.29, 0.717) is 0 Å². The number of hydrogen-bond acceptors (Lipinski definition) is 4. The van der Waals surface area contributed by atoms with Crippen molar-refractivity contribution in [1.82, 2.24) is 5.43 Å². The van der Waals surface area contributed by atoms with Crippen LogP contribution in [-0.2, 0) is 4.74 Å². The second kappa shape index (κ2) is 4.86. The van der Waals surface area contributed by atoms with Gasteiger partial charge in [-0.05, 0) is 29.8 Å². The standard InChI is InChI=1S/C9H10N2O3/c1-14-9(13)11-10-6-7-2-4-8(12)5-3-7/h2-6,12H,1H3,(H,11,13)/b10-6+. The Labute approximate surface area is 81.0 Å². The second-order valence-electron chi connectivity index (χ2n) is 2.45. The Balaban J connectivity index is 2.52. The lowest BCUT2D eigenvalue weighted by Crippen LogP contribution is -2.16. The van der Waals surface area contributed by atoms with Crippen molar-refractivity contribution in [2.45, 2.75) is 0 Å². The van der Waals surface area contributed by atoms with E-state index in [1.54, 1.807) is 12.1 Å². The lowest BCUT2D eigenvalue weighted by atomic mass is 10.2. The third kappa shape index (κ3) is 3.14. The first-order valence-electron chi connectivity index (χ1n) is 3.88. The normalized spacial score (nSPS) is 10.1. The van der Waals surface area contributed by atoms with E-state index in [2.05, 4.69) is 15.3 Å². The van der Waals surface area contributed by atoms with E-state index in [1.807, 2.05) is 0 Å². The molecule has 1 aromatic carbocycles. The highest BCUT2D eigenvalue weighted by Crippen LogP contribution is 2.07. The molecule has 14 heavy (non-hydrogen) atoms. The number of hydrazone groups is 1. The lowest BCUT2D eigenvalue weighted by Gasteiger charge is -1.96. The lowest BCUT2D eigenvalue weighted by molar-refractivity contribution is 0.171. The number of hydrogen-bond donors (Lipinski definition) is 2. The van der Waals surface area contributed by atoms with Crippen LogP contribution in [0.25, 0.3) is 0 Å². The topological polar surface area (TPSA) is 70.9 Å². The maximum Gasteiger partial charge on any atom is 0.427 e. The molecule has 0 aliphatic carbocycles. The number of phenolic OH excluding ortho intramolecular Hbond substituents is 1. The molecular weight excluding hydrogens is 184 g/mol. The Kier molecular flexibility index (Phi) is 3.49. The van der Waals surface area contributed by atoms with Crippen LogP contribution in [0.5, 0.6) is 5.75 Å². The van der Waals surface area contributed by atoms with E-state index in [1.165, 1.54) is 25.5 Å². The quantitative estimate of drug-likeness (QED) is 0.546. The Hall–Kier alpha value is -2.04. The number of phenols is 1. The number of carbonyl (C=O) groups is 1. The number of amides is 1. The first kappa shape index (κ1) is 10.0. The average molecular weight is 194 g/mol. The van der Waals surface area contributed by atoms with E-state index in [4.69, 9.17) is 5.11 Å². The summed E-state index contributed by atoms with van der Waals surface area (Å²) in [4.78, 5) is 10.6. The van der Waals surface area contributed by atoms with Crippen molar-refractivity contribution in [3.05, 3.63) is 29.8 Å². The molecule has 0 aliphatic rings. The van der Waals surface area contributed by atoms with Crippen LogP contribution in [0.15, 0.2) is 29.4 Å². The molecule has 0 spiro atoms. The Morgan fingerprint density at radius 2 is 2.14 bits per heavy atom. The van der Waals surface area contributed by atoms with Gasteiger partial charge in [0.15, 0.2) is 0 Å². The molecule has 5 nitrogen and oxygen atoms in total. The van der Waals surface area contributed by atoms with Crippen molar-refractivity contribution >= 4 is 12.3 Å². The molecular formula is C9H10N2O3. The summed E-state index contributed by atoms with van der Waals surface area (Å²) in [7, 11) is 1.26. The monoisotopic (exact) mass is 194 g/mol. The van der Waals surface area contributed by atoms with Gasteiger partial charge in [-0.1, -0.05) is 0 Å².